The smallest absolute Gasteiger partial charge is 0.480 e. The molecular formula is C16H22N8O8. The molecule has 0 aliphatic heterocycles. The molecule has 0 aromatic heterocycles. The van der Waals surface area contributed by atoms with Crippen LogP contribution in [0, 0.1) is 20.2 Å². The normalized spacial score (nSPS) is 11.5. The highest BCUT2D eigenvalue weighted by Crippen LogP contribution is 2.17. The van der Waals surface area contributed by atoms with E-state index in [-0.39, 0.29) is 31.0 Å². The first-order valence-electron chi connectivity index (χ1n) is 8.98. The fraction of sp³-hybridized carbons (Fsp3) is 0.375. The van der Waals surface area contributed by atoms with E-state index in [1.807, 2.05) is 5.32 Å². The minimum atomic E-state index is -3.52. The van der Waals surface area contributed by atoms with E-state index in [0.29, 0.717) is 0 Å². The average Bonchev–Trinajstić information content (AvgIpc) is 2.72. The molecule has 0 fully saturated rings. The van der Waals surface area contributed by atoms with Gasteiger partial charge in [0.25, 0.3) is 0 Å². The van der Waals surface area contributed by atoms with Gasteiger partial charge in [-0.2, -0.15) is 0 Å². The van der Waals surface area contributed by atoms with Gasteiger partial charge in [-0.15, -0.1) is 0 Å². The van der Waals surface area contributed by atoms with Gasteiger partial charge in [0.1, 0.15) is 15.9 Å². The van der Waals surface area contributed by atoms with E-state index in [1.165, 1.54) is 24.3 Å². The van der Waals surface area contributed by atoms with Crippen LogP contribution in [-0.4, -0.2) is 63.6 Å². The number of carbonyl (C=O) groups excluding carboxylic acids is 2. The van der Waals surface area contributed by atoms with E-state index in [4.69, 9.17) is 11.5 Å². The van der Waals surface area contributed by atoms with Crippen LogP contribution in [0.25, 0.3) is 0 Å². The molecule has 1 aromatic carbocycles. The Morgan fingerprint density at radius 3 is 2.22 bits per heavy atom. The number of nitro groups is 2. The Balaban J connectivity index is 2.82. The third-order valence-corrected chi connectivity index (χ3v) is 3.93. The van der Waals surface area contributed by atoms with E-state index in [0.717, 1.165) is 0 Å². The molecule has 0 aliphatic carbocycles. The highest BCUT2D eigenvalue weighted by Gasteiger charge is 2.65. The van der Waals surface area contributed by atoms with Crippen molar-refractivity contribution in [2.24, 2.45) is 16.5 Å². The number of carbonyl (C=O) groups is 3. The second-order valence-electron chi connectivity index (χ2n) is 6.27. The van der Waals surface area contributed by atoms with Crippen molar-refractivity contribution in [3.8, 4) is 0 Å². The first-order chi connectivity index (χ1) is 15.0. The number of para-hydroxylation sites is 1. The molecule has 32 heavy (non-hydrogen) atoms. The van der Waals surface area contributed by atoms with E-state index >= 15 is 0 Å². The second kappa shape index (κ2) is 11.6. The molecule has 0 heterocycles. The summed E-state index contributed by atoms with van der Waals surface area (Å²) in [5.41, 5.74) is 10.2. The van der Waals surface area contributed by atoms with Gasteiger partial charge in [0.15, 0.2) is 5.96 Å². The quantitative estimate of drug-likeness (QED) is 0.0476. The molecule has 0 aliphatic rings. The van der Waals surface area contributed by atoms with E-state index in [1.54, 1.807) is 11.4 Å². The molecule has 8 N–H and O–H groups in total. The SMILES string of the molecule is NC(N)=NCCC[C@H](NC(=O)CNC(=O)C(Nc1ccccc1)([N+](=O)[O-])[N+](=O)[O-])C(=O)O. The number of hydrogen-bond acceptors (Lipinski definition) is 9. The monoisotopic (exact) mass is 454 g/mol. The van der Waals surface area contributed by atoms with Crippen LogP contribution < -0.4 is 27.4 Å². The van der Waals surface area contributed by atoms with E-state index in [9.17, 15) is 39.7 Å². The minimum absolute atomic E-state index is 0.0604. The summed E-state index contributed by atoms with van der Waals surface area (Å²) in [5.74, 6) is -7.86. The molecule has 174 valence electrons. The molecule has 16 heteroatoms. The number of nitrogens with one attached hydrogen (secondary N) is 3. The maximum absolute atomic E-state index is 12.4. The van der Waals surface area contributed by atoms with Crippen molar-refractivity contribution in [1.29, 1.82) is 0 Å². The van der Waals surface area contributed by atoms with Crippen molar-refractivity contribution in [3.63, 3.8) is 0 Å². The van der Waals surface area contributed by atoms with Gasteiger partial charge in [0, 0.05) is 12.2 Å². The minimum Gasteiger partial charge on any atom is -0.480 e. The highest BCUT2D eigenvalue weighted by atomic mass is 16.7. The number of amides is 2. The largest absolute Gasteiger partial charge is 0.621 e. The number of nitrogens with zero attached hydrogens (tertiary/aromatic N) is 3. The molecule has 2 amide bonds. The lowest BCUT2D eigenvalue weighted by Crippen LogP contribution is -2.64. The number of aliphatic imine (C=N–C) groups is 1. The van der Waals surface area contributed by atoms with Crippen molar-refractivity contribution in [2.45, 2.75) is 24.7 Å². The second-order valence-corrected chi connectivity index (χ2v) is 6.27. The summed E-state index contributed by atoms with van der Waals surface area (Å²) in [4.78, 5) is 59.3. The summed E-state index contributed by atoms with van der Waals surface area (Å²) in [5, 5.41) is 37.9. The molecule has 0 bridgehead atoms. The maximum atomic E-state index is 12.4. The summed E-state index contributed by atoms with van der Waals surface area (Å²) < 4.78 is 0. The number of nitrogens with two attached hydrogens (primary N) is 2. The molecular weight excluding hydrogens is 432 g/mol. The van der Waals surface area contributed by atoms with E-state index < -0.39 is 46.0 Å². The zero-order chi connectivity index (χ0) is 24.3. The van der Waals surface area contributed by atoms with Crippen LogP contribution in [0.3, 0.4) is 0 Å². The number of benzene rings is 1. The van der Waals surface area contributed by atoms with E-state index in [2.05, 4.69) is 10.3 Å². The number of aliphatic carboxylic acids is 1. The van der Waals surface area contributed by atoms with Crippen LogP contribution in [-0.2, 0) is 14.4 Å². The number of carboxylic acids is 1. The van der Waals surface area contributed by atoms with Gasteiger partial charge in [-0.1, -0.05) is 18.2 Å². The molecule has 0 saturated carbocycles. The number of anilines is 1. The van der Waals surface area contributed by atoms with Crippen LogP contribution in [0.5, 0.6) is 0 Å². The Hall–Kier alpha value is -4.50. The first kappa shape index (κ1) is 25.5. The van der Waals surface area contributed by atoms with Crippen molar-refractivity contribution in [2.75, 3.05) is 18.4 Å². The van der Waals surface area contributed by atoms with Gasteiger partial charge in [0.2, 0.25) is 5.91 Å². The van der Waals surface area contributed by atoms with Gasteiger partial charge in [-0.3, -0.25) is 34.8 Å². The molecule has 0 radical (unpaired) electrons. The van der Waals surface area contributed by atoms with Crippen LogP contribution in [0.1, 0.15) is 12.8 Å². The first-order valence-corrected chi connectivity index (χ1v) is 8.98. The van der Waals surface area contributed by atoms with Gasteiger partial charge in [-0.25, -0.2) is 10.1 Å². The standard InChI is InChI=1S/C16H22N8O8/c17-15(18)19-8-4-7-11(13(26)27)21-12(25)9-20-14(28)16(23(29)30,24(31)32)22-10-5-2-1-3-6-10/h1-3,5-6,11,22H,4,7-9H2,(H,20,28)(H,21,25)(H,26,27)(H4,17,18,19)/t11-/m0/s1. The summed E-state index contributed by atoms with van der Waals surface area (Å²) >= 11 is 0. The highest BCUT2D eigenvalue weighted by molar-refractivity contribution is 5.91. The predicted octanol–water partition coefficient (Wildman–Crippen LogP) is -1.96. The fourth-order valence-electron chi connectivity index (χ4n) is 2.39. The van der Waals surface area contributed by atoms with Gasteiger partial charge in [-0.05, 0) is 25.0 Å². The Bertz CT molecular complexity index is 873. The molecule has 1 aromatic rings. The van der Waals surface area contributed by atoms with Crippen molar-refractivity contribution in [3.05, 3.63) is 50.6 Å². The lowest BCUT2D eigenvalue weighted by Gasteiger charge is -2.18. The van der Waals surface area contributed by atoms with Gasteiger partial charge < -0.3 is 27.2 Å². The summed E-state index contributed by atoms with van der Waals surface area (Å²) in [7, 11) is 0. The van der Waals surface area contributed by atoms with Crippen molar-refractivity contribution >= 4 is 29.4 Å². The Morgan fingerprint density at radius 1 is 1.12 bits per heavy atom. The Labute approximate surface area is 180 Å². The number of hydrogen-bond donors (Lipinski definition) is 6. The number of rotatable bonds is 13. The fourth-order valence-corrected chi connectivity index (χ4v) is 2.39. The molecule has 1 atom stereocenters. The van der Waals surface area contributed by atoms with Crippen LogP contribution in [0.15, 0.2) is 35.3 Å². The third-order valence-electron chi connectivity index (χ3n) is 3.93. The van der Waals surface area contributed by atoms with Crippen LogP contribution in [0.4, 0.5) is 5.69 Å². The average molecular weight is 454 g/mol. The molecule has 0 saturated heterocycles. The number of guanidine groups is 1. The summed E-state index contributed by atoms with van der Waals surface area (Å²) in [6, 6.07) is 5.57. The lowest BCUT2D eigenvalue weighted by atomic mass is 10.1. The zero-order valence-corrected chi connectivity index (χ0v) is 16.6. The summed E-state index contributed by atoms with van der Waals surface area (Å²) in [6.45, 7) is -0.839. The lowest BCUT2D eigenvalue weighted by molar-refractivity contribution is -0.767. The topological polar surface area (TPSA) is 258 Å². The summed E-state index contributed by atoms with van der Waals surface area (Å²) in [6.07, 6.45) is 0.142. The predicted molar refractivity (Wildman–Crippen MR) is 109 cm³/mol. The Morgan fingerprint density at radius 2 is 1.72 bits per heavy atom. The Kier molecular flexibility index (Phi) is 9.28. The molecule has 0 unspecified atom stereocenters. The number of carboxylic acid groups (broad SMARTS) is 1. The molecule has 0 spiro atoms. The van der Waals surface area contributed by atoms with Crippen molar-refractivity contribution < 1.29 is 29.3 Å². The van der Waals surface area contributed by atoms with Crippen LogP contribution in [0.2, 0.25) is 0 Å². The van der Waals surface area contributed by atoms with Gasteiger partial charge in [0.05, 0.1) is 6.54 Å². The van der Waals surface area contributed by atoms with Crippen molar-refractivity contribution in [1.82, 2.24) is 10.6 Å². The molecule has 16 nitrogen and oxygen atoms in total. The third kappa shape index (κ3) is 7.08. The van der Waals surface area contributed by atoms with Crippen LogP contribution >= 0.6 is 0 Å². The van der Waals surface area contributed by atoms with Gasteiger partial charge >= 0.3 is 17.7 Å². The zero-order valence-electron chi connectivity index (χ0n) is 16.6. The maximum Gasteiger partial charge on any atom is 0.621 e. The molecule has 1 rings (SSSR count).